The second kappa shape index (κ2) is 14.7. The minimum Gasteiger partial charge on any atom is -0.0804 e. The van der Waals surface area contributed by atoms with Gasteiger partial charge in [0.1, 0.15) is 0 Å². The quantitative estimate of drug-likeness (QED) is 0.400. The monoisotopic (exact) mass is 372 g/mol. The molecule has 0 bridgehead atoms. The lowest BCUT2D eigenvalue weighted by Gasteiger charge is -2.09. The topological polar surface area (TPSA) is 0 Å². The Hall–Kier alpha value is -2.34. The summed E-state index contributed by atoms with van der Waals surface area (Å²) in [4.78, 5) is 0. The van der Waals surface area contributed by atoms with E-state index in [4.69, 9.17) is 0 Å². The average molecular weight is 373 g/mol. The first-order valence-electron chi connectivity index (χ1n) is 11.0. The molecular formula is C28H36. The molecule has 0 aromatic heterocycles. The van der Waals surface area contributed by atoms with E-state index in [1.165, 1.54) is 68.1 Å². The van der Waals surface area contributed by atoms with Crippen LogP contribution in [-0.2, 0) is 0 Å². The summed E-state index contributed by atoms with van der Waals surface area (Å²) < 4.78 is 0. The molecule has 0 heteroatoms. The van der Waals surface area contributed by atoms with Gasteiger partial charge >= 0.3 is 0 Å². The molecule has 0 fully saturated rings. The minimum absolute atomic E-state index is 0.977. The van der Waals surface area contributed by atoms with Crippen molar-refractivity contribution in [2.45, 2.75) is 64.7 Å². The summed E-state index contributed by atoms with van der Waals surface area (Å²) >= 11 is 0. The van der Waals surface area contributed by atoms with E-state index in [-0.39, 0.29) is 0 Å². The predicted molar refractivity (Wildman–Crippen MR) is 127 cm³/mol. The molecule has 0 atom stereocenters. The van der Waals surface area contributed by atoms with Gasteiger partial charge in [-0.05, 0) is 36.0 Å². The van der Waals surface area contributed by atoms with Crippen LogP contribution in [0.3, 0.4) is 0 Å². The Bertz CT molecular complexity index is 729. The van der Waals surface area contributed by atoms with Gasteiger partial charge in [0.15, 0.2) is 0 Å². The van der Waals surface area contributed by atoms with E-state index in [1.54, 1.807) is 0 Å². The predicted octanol–water partition coefficient (Wildman–Crippen LogP) is 8.86. The Morgan fingerprint density at radius 1 is 0.714 bits per heavy atom. The molecule has 0 nitrogen and oxygen atoms in total. The molecule has 0 amide bonds. The molecule has 0 unspecified atom stereocenters. The number of hydrogen-bond donors (Lipinski definition) is 0. The third-order valence-electron chi connectivity index (χ3n) is 5.03. The van der Waals surface area contributed by atoms with Gasteiger partial charge in [0, 0.05) is 0 Å². The summed E-state index contributed by atoms with van der Waals surface area (Å²) in [6.45, 7) is 2.28. The Labute approximate surface area is 172 Å². The van der Waals surface area contributed by atoms with E-state index < -0.39 is 0 Å². The molecule has 0 spiro atoms. The lowest BCUT2D eigenvalue weighted by atomic mass is 9.96. The van der Waals surface area contributed by atoms with E-state index >= 15 is 0 Å². The van der Waals surface area contributed by atoms with Crippen molar-refractivity contribution in [2.24, 2.45) is 0 Å². The molecule has 1 aromatic carbocycles. The Morgan fingerprint density at radius 3 is 2.21 bits per heavy atom. The Morgan fingerprint density at radius 2 is 1.39 bits per heavy atom. The van der Waals surface area contributed by atoms with E-state index in [9.17, 15) is 0 Å². The molecule has 1 aromatic rings. The minimum atomic E-state index is 0.977. The smallest absolute Gasteiger partial charge is 0.00913 e. The van der Waals surface area contributed by atoms with E-state index in [1.807, 2.05) is 0 Å². The number of fused-ring (bicyclic) bond motifs is 1. The van der Waals surface area contributed by atoms with Crippen LogP contribution in [0.5, 0.6) is 0 Å². The van der Waals surface area contributed by atoms with Gasteiger partial charge in [-0.1, -0.05) is 137 Å². The molecule has 0 heterocycles. The molecular weight excluding hydrogens is 336 g/mol. The highest BCUT2D eigenvalue weighted by atomic mass is 14.1. The van der Waals surface area contributed by atoms with Crippen molar-refractivity contribution in [3.63, 3.8) is 0 Å². The highest BCUT2D eigenvalue weighted by Gasteiger charge is 2.03. The summed E-state index contributed by atoms with van der Waals surface area (Å²) in [7, 11) is 0. The third kappa shape index (κ3) is 9.04. The Balaban J connectivity index is 2.17. The van der Waals surface area contributed by atoms with Crippen molar-refractivity contribution in [3.05, 3.63) is 96.1 Å². The van der Waals surface area contributed by atoms with Crippen molar-refractivity contribution in [3.8, 4) is 0 Å². The standard InChI is InChI=1S/C28H36/c1-2-3-4-5-6-7-11-16-21-26-23-18-13-10-14-19-24-27-22-17-12-8-9-15-20-25-28(26)27/h8-10,12-15,17-22,24-25H,2-7,11,16,23H2,1H3/b9-8?,12-8?,14-10-,15-9?,17-12?,18-13-,20-15?,22-17?,24-19-,25-20?,26-21?,27-22?,28-25?,28-27?. The van der Waals surface area contributed by atoms with Gasteiger partial charge in [0.05, 0.1) is 0 Å². The second-order valence-electron chi connectivity index (χ2n) is 7.37. The molecule has 0 saturated carbocycles. The third-order valence-corrected chi connectivity index (χ3v) is 5.03. The van der Waals surface area contributed by atoms with E-state index in [0.29, 0.717) is 0 Å². The number of hydrogen-bond acceptors (Lipinski definition) is 0. The van der Waals surface area contributed by atoms with Gasteiger partial charge < -0.3 is 0 Å². The summed E-state index contributed by atoms with van der Waals surface area (Å²) in [5, 5.41) is 0. The van der Waals surface area contributed by atoms with Crippen LogP contribution >= 0.6 is 0 Å². The highest BCUT2D eigenvalue weighted by molar-refractivity contribution is 5.75. The first-order valence-corrected chi connectivity index (χ1v) is 11.0. The lowest BCUT2D eigenvalue weighted by Crippen LogP contribution is -1.88. The van der Waals surface area contributed by atoms with Gasteiger partial charge in [-0.25, -0.2) is 0 Å². The SMILES string of the molecule is CCCCCCCCCC=C1C\C=C/C=C\C=C/c2ccccccccc21. The number of allylic oxidation sites excluding steroid dienone is 7. The van der Waals surface area contributed by atoms with Crippen molar-refractivity contribution in [1.29, 1.82) is 0 Å². The molecule has 0 aliphatic heterocycles. The van der Waals surface area contributed by atoms with E-state index in [0.717, 1.165) is 6.42 Å². The molecule has 28 heavy (non-hydrogen) atoms. The maximum Gasteiger partial charge on any atom is -0.00913 e. The maximum absolute atomic E-state index is 2.47. The Kier molecular flexibility index (Phi) is 11.5. The largest absolute Gasteiger partial charge is 0.0804 e. The molecule has 0 N–H and O–H groups in total. The fraction of sp³-hybridized carbons (Fsp3) is 0.357. The first kappa shape index (κ1) is 22.0. The number of unbranched alkanes of at least 4 members (excludes halogenated alkanes) is 7. The van der Waals surface area contributed by atoms with Crippen molar-refractivity contribution in [2.75, 3.05) is 0 Å². The fourth-order valence-corrected chi connectivity index (χ4v) is 3.43. The molecule has 148 valence electrons. The van der Waals surface area contributed by atoms with Crippen LogP contribution in [0.15, 0.2) is 85.0 Å². The van der Waals surface area contributed by atoms with Crippen molar-refractivity contribution < 1.29 is 0 Å². The number of rotatable bonds is 8. The van der Waals surface area contributed by atoms with Crippen LogP contribution in [0.25, 0.3) is 11.6 Å². The van der Waals surface area contributed by atoms with Gasteiger partial charge in [0.25, 0.3) is 0 Å². The van der Waals surface area contributed by atoms with Crippen molar-refractivity contribution in [1.82, 2.24) is 0 Å². The molecule has 2 rings (SSSR count). The summed E-state index contributed by atoms with van der Waals surface area (Å²) in [5.74, 6) is 0. The summed E-state index contributed by atoms with van der Waals surface area (Å²) in [5.41, 5.74) is 4.02. The van der Waals surface area contributed by atoms with Crippen LogP contribution < -0.4 is 0 Å². The normalized spacial score (nSPS) is 18.0. The van der Waals surface area contributed by atoms with Gasteiger partial charge in [0.2, 0.25) is 0 Å². The van der Waals surface area contributed by atoms with Crippen LogP contribution in [0, 0.1) is 0 Å². The lowest BCUT2D eigenvalue weighted by molar-refractivity contribution is 0.592. The fourth-order valence-electron chi connectivity index (χ4n) is 3.43. The zero-order chi connectivity index (χ0) is 19.7. The second-order valence-corrected chi connectivity index (χ2v) is 7.37. The zero-order valence-electron chi connectivity index (χ0n) is 17.5. The first-order chi connectivity index (χ1) is 13.9. The van der Waals surface area contributed by atoms with Gasteiger partial charge in [-0.3, -0.25) is 0 Å². The van der Waals surface area contributed by atoms with Gasteiger partial charge in [-0.2, -0.15) is 0 Å². The maximum atomic E-state index is 2.47. The highest BCUT2D eigenvalue weighted by Crippen LogP contribution is 2.25. The van der Waals surface area contributed by atoms with Crippen LogP contribution in [-0.4, -0.2) is 0 Å². The zero-order valence-corrected chi connectivity index (χ0v) is 17.5. The van der Waals surface area contributed by atoms with E-state index in [2.05, 4.69) is 98.0 Å². The average Bonchev–Trinajstić information content (AvgIpc) is 2.72. The summed E-state index contributed by atoms with van der Waals surface area (Å²) in [6, 6.07) is 17.1. The molecule has 1 aliphatic rings. The van der Waals surface area contributed by atoms with Crippen LogP contribution in [0.4, 0.5) is 0 Å². The van der Waals surface area contributed by atoms with Crippen molar-refractivity contribution >= 4 is 11.6 Å². The molecule has 1 aliphatic carbocycles. The van der Waals surface area contributed by atoms with Crippen LogP contribution in [0.1, 0.15) is 75.8 Å². The summed E-state index contributed by atoms with van der Waals surface area (Å²) in [6.07, 6.45) is 27.1. The molecule has 0 saturated heterocycles. The van der Waals surface area contributed by atoms with Gasteiger partial charge in [-0.15, -0.1) is 0 Å². The molecule has 0 radical (unpaired) electrons. The van der Waals surface area contributed by atoms with Crippen LogP contribution in [0.2, 0.25) is 0 Å².